The zero-order chi connectivity index (χ0) is 19.4. The van der Waals surface area contributed by atoms with Crippen LogP contribution in [0.15, 0.2) is 29.2 Å². The molecule has 150 valence electrons. The van der Waals surface area contributed by atoms with Gasteiger partial charge < -0.3 is 9.64 Å². The quantitative estimate of drug-likeness (QED) is 0.751. The topological polar surface area (TPSA) is 70.2 Å². The van der Waals surface area contributed by atoms with E-state index in [9.17, 15) is 13.2 Å². The number of rotatable bonds is 5. The summed E-state index contributed by atoms with van der Waals surface area (Å²) in [5.41, 5.74) is 0.535. The van der Waals surface area contributed by atoms with Gasteiger partial charge in [0.2, 0.25) is 10.0 Å². The van der Waals surface area contributed by atoms with Crippen LogP contribution in [0, 0.1) is 0 Å². The van der Waals surface area contributed by atoms with Crippen molar-refractivity contribution < 1.29 is 17.9 Å². The summed E-state index contributed by atoms with van der Waals surface area (Å²) in [6, 6.07) is 6.85. The van der Waals surface area contributed by atoms with Gasteiger partial charge in [-0.2, -0.15) is 4.31 Å². The molecule has 2 aliphatic rings. The number of piperazine rings is 1. The van der Waals surface area contributed by atoms with E-state index in [1.807, 2.05) is 4.90 Å². The zero-order valence-electron chi connectivity index (χ0n) is 16.1. The minimum absolute atomic E-state index is 0.0332. The molecular weight excluding hydrogens is 366 g/mol. The van der Waals surface area contributed by atoms with Crippen LogP contribution in [0.5, 0.6) is 0 Å². The molecule has 1 aromatic rings. The van der Waals surface area contributed by atoms with Crippen molar-refractivity contribution in [2.45, 2.75) is 31.2 Å². The molecule has 2 fully saturated rings. The summed E-state index contributed by atoms with van der Waals surface area (Å²) in [6.45, 7) is 9.12. The molecule has 1 aromatic carbocycles. The first-order valence-electron chi connectivity index (χ1n) is 9.64. The average Bonchev–Trinajstić information content (AvgIpc) is 2.73. The third-order valence-electron chi connectivity index (χ3n) is 5.52. The lowest BCUT2D eigenvalue weighted by atomic mass is 10.1. The first kappa shape index (κ1) is 20.3. The lowest BCUT2D eigenvalue weighted by Gasteiger charge is -2.37. The Labute approximate surface area is 161 Å². The molecule has 0 spiro atoms. The summed E-state index contributed by atoms with van der Waals surface area (Å²) in [5, 5.41) is 0. The highest BCUT2D eigenvalue weighted by atomic mass is 32.2. The third-order valence-corrected chi connectivity index (χ3v) is 7.44. The number of benzene rings is 1. The van der Waals surface area contributed by atoms with Gasteiger partial charge in [-0.05, 0) is 37.6 Å². The van der Waals surface area contributed by atoms with E-state index in [2.05, 4.69) is 18.7 Å². The highest BCUT2D eigenvalue weighted by Crippen LogP contribution is 2.19. The van der Waals surface area contributed by atoms with Gasteiger partial charge in [0.05, 0.1) is 18.1 Å². The van der Waals surface area contributed by atoms with E-state index in [0.717, 1.165) is 19.5 Å². The van der Waals surface area contributed by atoms with Crippen molar-refractivity contribution in [2.24, 2.45) is 0 Å². The van der Waals surface area contributed by atoms with Crippen LogP contribution >= 0.6 is 0 Å². The molecule has 0 aliphatic carbocycles. The van der Waals surface area contributed by atoms with Crippen molar-refractivity contribution in [3.05, 3.63) is 29.8 Å². The second-order valence-electron chi connectivity index (χ2n) is 7.13. The van der Waals surface area contributed by atoms with Crippen LogP contribution in [0.25, 0.3) is 0 Å². The fourth-order valence-corrected chi connectivity index (χ4v) is 4.92. The first-order valence-corrected chi connectivity index (χ1v) is 11.1. The van der Waals surface area contributed by atoms with E-state index in [1.165, 1.54) is 16.4 Å². The maximum absolute atomic E-state index is 12.7. The zero-order valence-corrected chi connectivity index (χ0v) is 17.0. The van der Waals surface area contributed by atoms with Crippen LogP contribution < -0.4 is 0 Å². The van der Waals surface area contributed by atoms with E-state index in [1.54, 1.807) is 12.1 Å². The number of morpholine rings is 1. The fraction of sp³-hybridized carbons (Fsp3) is 0.632. The number of amides is 1. The second kappa shape index (κ2) is 8.68. The van der Waals surface area contributed by atoms with Crippen LogP contribution in [-0.2, 0) is 14.8 Å². The summed E-state index contributed by atoms with van der Waals surface area (Å²) in [4.78, 5) is 17.2. The lowest BCUT2D eigenvalue weighted by molar-refractivity contribution is 0.0579. The SMILES string of the molecule is CCC(C)N1CCN(C(=O)c2ccc(S(=O)(=O)N3CCOCC3)cc2)CC1. The van der Waals surface area contributed by atoms with E-state index in [0.29, 0.717) is 51.0 Å². The largest absolute Gasteiger partial charge is 0.379 e. The van der Waals surface area contributed by atoms with Gasteiger partial charge in [-0.15, -0.1) is 0 Å². The Morgan fingerprint density at radius 1 is 1.04 bits per heavy atom. The molecule has 1 amide bonds. The van der Waals surface area contributed by atoms with Crippen molar-refractivity contribution in [1.82, 2.24) is 14.1 Å². The molecule has 0 bridgehead atoms. The molecule has 0 N–H and O–H groups in total. The van der Waals surface area contributed by atoms with Gasteiger partial charge in [0, 0.05) is 50.9 Å². The van der Waals surface area contributed by atoms with E-state index in [4.69, 9.17) is 4.74 Å². The first-order chi connectivity index (χ1) is 12.9. The Morgan fingerprint density at radius 2 is 1.63 bits per heavy atom. The molecule has 2 heterocycles. The van der Waals surface area contributed by atoms with Gasteiger partial charge in [0.1, 0.15) is 0 Å². The van der Waals surface area contributed by atoms with Gasteiger partial charge in [0.25, 0.3) is 5.91 Å². The molecule has 2 aliphatic heterocycles. The van der Waals surface area contributed by atoms with Crippen LogP contribution in [0.3, 0.4) is 0 Å². The van der Waals surface area contributed by atoms with Gasteiger partial charge in [-0.1, -0.05) is 6.92 Å². The maximum Gasteiger partial charge on any atom is 0.253 e. The van der Waals surface area contributed by atoms with Gasteiger partial charge in [0.15, 0.2) is 0 Å². The van der Waals surface area contributed by atoms with Crippen molar-refractivity contribution in [2.75, 3.05) is 52.5 Å². The second-order valence-corrected chi connectivity index (χ2v) is 9.06. The summed E-state index contributed by atoms with van der Waals surface area (Å²) in [5.74, 6) is -0.0332. The highest BCUT2D eigenvalue weighted by molar-refractivity contribution is 7.89. The van der Waals surface area contributed by atoms with Gasteiger partial charge in [-0.3, -0.25) is 9.69 Å². The highest BCUT2D eigenvalue weighted by Gasteiger charge is 2.27. The molecular formula is C19H29N3O4S. The Bertz CT molecular complexity index is 737. The fourth-order valence-electron chi connectivity index (χ4n) is 3.51. The third kappa shape index (κ3) is 4.51. The Balaban J connectivity index is 1.64. The van der Waals surface area contributed by atoms with Crippen LogP contribution in [0.1, 0.15) is 30.6 Å². The molecule has 7 nitrogen and oxygen atoms in total. The van der Waals surface area contributed by atoms with Crippen molar-refractivity contribution in [3.8, 4) is 0 Å². The predicted molar refractivity (Wildman–Crippen MR) is 103 cm³/mol. The van der Waals surface area contributed by atoms with Crippen LogP contribution in [0.2, 0.25) is 0 Å². The summed E-state index contributed by atoms with van der Waals surface area (Å²) < 4.78 is 32.0. The normalized spacial score (nSPS) is 21.2. The van der Waals surface area contributed by atoms with Gasteiger partial charge >= 0.3 is 0 Å². The van der Waals surface area contributed by atoms with E-state index >= 15 is 0 Å². The lowest BCUT2D eigenvalue weighted by Crippen LogP contribution is -2.51. The van der Waals surface area contributed by atoms with Crippen molar-refractivity contribution >= 4 is 15.9 Å². The molecule has 0 aromatic heterocycles. The van der Waals surface area contributed by atoms with Crippen LogP contribution in [-0.4, -0.2) is 87.0 Å². The molecule has 0 saturated carbocycles. The number of hydrogen-bond acceptors (Lipinski definition) is 5. The number of ether oxygens (including phenoxy) is 1. The van der Waals surface area contributed by atoms with Crippen molar-refractivity contribution in [3.63, 3.8) is 0 Å². The molecule has 3 rings (SSSR count). The van der Waals surface area contributed by atoms with Gasteiger partial charge in [-0.25, -0.2) is 8.42 Å². The van der Waals surface area contributed by atoms with Crippen LogP contribution in [0.4, 0.5) is 0 Å². The number of hydrogen-bond donors (Lipinski definition) is 0. The van der Waals surface area contributed by atoms with Crippen molar-refractivity contribution in [1.29, 1.82) is 0 Å². The Hall–Kier alpha value is -1.48. The monoisotopic (exact) mass is 395 g/mol. The smallest absolute Gasteiger partial charge is 0.253 e. The number of sulfonamides is 1. The maximum atomic E-state index is 12.7. The molecule has 0 radical (unpaired) electrons. The number of nitrogens with zero attached hydrogens (tertiary/aromatic N) is 3. The Kier molecular flexibility index (Phi) is 6.52. The predicted octanol–water partition coefficient (Wildman–Crippen LogP) is 1.26. The average molecular weight is 396 g/mol. The van der Waals surface area contributed by atoms with E-state index in [-0.39, 0.29) is 10.8 Å². The standard InChI is InChI=1S/C19H29N3O4S/c1-3-16(2)20-8-10-21(11-9-20)19(23)17-4-6-18(7-5-17)27(24,25)22-12-14-26-15-13-22/h4-7,16H,3,8-15H2,1-2H3. The summed E-state index contributed by atoms with van der Waals surface area (Å²) in [7, 11) is -3.53. The minimum atomic E-state index is -3.53. The molecule has 1 atom stereocenters. The molecule has 8 heteroatoms. The number of carbonyl (C=O) groups excluding carboxylic acids is 1. The minimum Gasteiger partial charge on any atom is -0.379 e. The number of carbonyl (C=O) groups is 1. The Morgan fingerprint density at radius 3 is 2.19 bits per heavy atom. The molecule has 1 unspecified atom stereocenters. The van der Waals surface area contributed by atoms with E-state index < -0.39 is 10.0 Å². The molecule has 2 saturated heterocycles. The molecule has 27 heavy (non-hydrogen) atoms. The summed E-state index contributed by atoms with van der Waals surface area (Å²) in [6.07, 6.45) is 1.10. The summed E-state index contributed by atoms with van der Waals surface area (Å²) >= 11 is 0.